The fourth-order valence-corrected chi connectivity index (χ4v) is 1.16. The number of aromatic hydroxyl groups is 1. The number of aliphatic hydroxyl groups excluding tert-OH is 1. The van der Waals surface area contributed by atoms with Gasteiger partial charge in [0.2, 0.25) is 0 Å². The molecule has 1 aromatic rings. The van der Waals surface area contributed by atoms with Crippen molar-refractivity contribution in [3.63, 3.8) is 0 Å². The van der Waals surface area contributed by atoms with Gasteiger partial charge in [-0.2, -0.15) is 0 Å². The Hall–Kier alpha value is -1.06. The Morgan fingerprint density at radius 1 is 1.46 bits per heavy atom. The molecular weight excluding hydrogens is 166 g/mol. The van der Waals surface area contributed by atoms with Crippen LogP contribution < -0.4 is 5.73 Å². The summed E-state index contributed by atoms with van der Waals surface area (Å²) in [6.07, 6.45) is 0. The summed E-state index contributed by atoms with van der Waals surface area (Å²) in [6.45, 7) is 2.41. The van der Waals surface area contributed by atoms with Crippen LogP contribution in [0.1, 0.15) is 24.0 Å². The SMILES string of the molecule is CC(CN)c1ccc(CO)c(O)c1. The highest BCUT2D eigenvalue weighted by atomic mass is 16.3. The third-order valence-corrected chi connectivity index (χ3v) is 2.20. The van der Waals surface area contributed by atoms with E-state index in [9.17, 15) is 5.11 Å². The molecule has 0 aliphatic heterocycles. The van der Waals surface area contributed by atoms with Crippen molar-refractivity contribution in [2.75, 3.05) is 6.54 Å². The van der Waals surface area contributed by atoms with Crippen LogP contribution in [-0.2, 0) is 6.61 Å². The Balaban J connectivity index is 2.95. The third-order valence-electron chi connectivity index (χ3n) is 2.20. The van der Waals surface area contributed by atoms with Crippen molar-refractivity contribution in [1.82, 2.24) is 0 Å². The van der Waals surface area contributed by atoms with Crippen LogP contribution in [0.4, 0.5) is 0 Å². The molecule has 4 N–H and O–H groups in total. The van der Waals surface area contributed by atoms with E-state index in [0.29, 0.717) is 12.1 Å². The number of benzene rings is 1. The van der Waals surface area contributed by atoms with Crippen molar-refractivity contribution < 1.29 is 10.2 Å². The lowest BCUT2D eigenvalue weighted by Crippen LogP contribution is -2.08. The van der Waals surface area contributed by atoms with E-state index in [0.717, 1.165) is 5.56 Å². The van der Waals surface area contributed by atoms with E-state index in [4.69, 9.17) is 10.8 Å². The van der Waals surface area contributed by atoms with Gasteiger partial charge in [0.15, 0.2) is 0 Å². The average molecular weight is 181 g/mol. The van der Waals surface area contributed by atoms with Gasteiger partial charge < -0.3 is 15.9 Å². The van der Waals surface area contributed by atoms with Gasteiger partial charge in [-0.15, -0.1) is 0 Å². The van der Waals surface area contributed by atoms with Crippen LogP contribution in [0.15, 0.2) is 18.2 Å². The maximum Gasteiger partial charge on any atom is 0.121 e. The summed E-state index contributed by atoms with van der Waals surface area (Å²) in [5, 5.41) is 18.3. The van der Waals surface area contributed by atoms with Gasteiger partial charge in [-0.25, -0.2) is 0 Å². The first-order valence-corrected chi connectivity index (χ1v) is 4.31. The number of rotatable bonds is 3. The first-order chi connectivity index (χ1) is 6.19. The predicted octanol–water partition coefficient (Wildman–Crippen LogP) is 0.947. The smallest absolute Gasteiger partial charge is 0.121 e. The van der Waals surface area contributed by atoms with Gasteiger partial charge in [0, 0.05) is 5.56 Å². The second kappa shape index (κ2) is 4.25. The summed E-state index contributed by atoms with van der Waals surface area (Å²) >= 11 is 0. The Morgan fingerprint density at radius 2 is 2.15 bits per heavy atom. The van der Waals surface area contributed by atoms with Crippen LogP contribution in [-0.4, -0.2) is 16.8 Å². The van der Waals surface area contributed by atoms with Gasteiger partial charge in [0.1, 0.15) is 5.75 Å². The summed E-state index contributed by atoms with van der Waals surface area (Å²) in [5.41, 5.74) is 7.04. The van der Waals surface area contributed by atoms with Crippen LogP contribution in [0.2, 0.25) is 0 Å². The van der Waals surface area contributed by atoms with Gasteiger partial charge in [-0.05, 0) is 24.1 Å². The van der Waals surface area contributed by atoms with E-state index >= 15 is 0 Å². The zero-order valence-corrected chi connectivity index (χ0v) is 7.70. The topological polar surface area (TPSA) is 66.5 Å². The molecule has 0 amide bonds. The Labute approximate surface area is 77.8 Å². The van der Waals surface area contributed by atoms with Crippen LogP contribution >= 0.6 is 0 Å². The standard InChI is InChI=1S/C10H15NO2/c1-7(5-11)8-2-3-9(6-12)10(13)4-8/h2-4,7,12-13H,5-6,11H2,1H3. The number of phenols is 1. The minimum absolute atomic E-state index is 0.136. The average Bonchev–Trinajstić information content (AvgIpc) is 2.16. The van der Waals surface area contributed by atoms with Crippen molar-refractivity contribution in [3.05, 3.63) is 29.3 Å². The van der Waals surface area contributed by atoms with E-state index in [1.54, 1.807) is 12.1 Å². The van der Waals surface area contributed by atoms with Gasteiger partial charge in [-0.3, -0.25) is 0 Å². The highest BCUT2D eigenvalue weighted by Gasteiger charge is 2.06. The normalized spacial score (nSPS) is 12.8. The zero-order valence-electron chi connectivity index (χ0n) is 7.70. The van der Waals surface area contributed by atoms with Gasteiger partial charge in [0.25, 0.3) is 0 Å². The zero-order chi connectivity index (χ0) is 9.84. The molecule has 1 aromatic carbocycles. The van der Waals surface area contributed by atoms with Gasteiger partial charge >= 0.3 is 0 Å². The minimum Gasteiger partial charge on any atom is -0.508 e. The Kier molecular flexibility index (Phi) is 3.28. The summed E-state index contributed by atoms with van der Waals surface area (Å²) in [5.74, 6) is 0.374. The summed E-state index contributed by atoms with van der Waals surface area (Å²) in [7, 11) is 0. The highest BCUT2D eigenvalue weighted by molar-refractivity contribution is 5.37. The first-order valence-electron chi connectivity index (χ1n) is 4.31. The molecule has 1 unspecified atom stereocenters. The van der Waals surface area contributed by atoms with Crippen molar-refractivity contribution in [1.29, 1.82) is 0 Å². The van der Waals surface area contributed by atoms with Crippen LogP contribution in [0.25, 0.3) is 0 Å². The van der Waals surface area contributed by atoms with Crippen LogP contribution in [0.3, 0.4) is 0 Å². The molecule has 3 heteroatoms. The summed E-state index contributed by atoms with van der Waals surface area (Å²) in [4.78, 5) is 0. The highest BCUT2D eigenvalue weighted by Crippen LogP contribution is 2.23. The lowest BCUT2D eigenvalue weighted by Gasteiger charge is -2.10. The lowest BCUT2D eigenvalue weighted by atomic mass is 9.99. The van der Waals surface area contributed by atoms with Crippen LogP contribution in [0.5, 0.6) is 5.75 Å². The molecular formula is C10H15NO2. The maximum atomic E-state index is 9.43. The predicted molar refractivity (Wildman–Crippen MR) is 51.5 cm³/mol. The molecule has 0 aromatic heterocycles. The van der Waals surface area contributed by atoms with Crippen LogP contribution in [0, 0.1) is 0 Å². The second-order valence-electron chi connectivity index (χ2n) is 3.18. The molecule has 0 bridgehead atoms. The van der Waals surface area contributed by atoms with E-state index in [1.807, 2.05) is 13.0 Å². The molecule has 0 spiro atoms. The molecule has 0 saturated carbocycles. The fraction of sp³-hybridized carbons (Fsp3) is 0.400. The number of aliphatic hydroxyl groups is 1. The Bertz CT molecular complexity index is 286. The van der Waals surface area contributed by atoms with Crippen molar-refractivity contribution in [2.45, 2.75) is 19.4 Å². The van der Waals surface area contributed by atoms with Gasteiger partial charge in [-0.1, -0.05) is 19.1 Å². The number of nitrogens with two attached hydrogens (primary N) is 1. The summed E-state index contributed by atoms with van der Waals surface area (Å²) < 4.78 is 0. The fourth-order valence-electron chi connectivity index (χ4n) is 1.16. The largest absolute Gasteiger partial charge is 0.508 e. The van der Waals surface area contributed by atoms with E-state index in [2.05, 4.69) is 0 Å². The molecule has 0 aliphatic carbocycles. The first kappa shape index (κ1) is 10.0. The lowest BCUT2D eigenvalue weighted by molar-refractivity contribution is 0.275. The molecule has 13 heavy (non-hydrogen) atoms. The van der Waals surface area contributed by atoms with E-state index in [1.165, 1.54) is 0 Å². The van der Waals surface area contributed by atoms with Gasteiger partial charge in [0.05, 0.1) is 6.61 Å². The third kappa shape index (κ3) is 2.20. The van der Waals surface area contributed by atoms with Crippen molar-refractivity contribution >= 4 is 0 Å². The van der Waals surface area contributed by atoms with Crippen molar-refractivity contribution in [3.8, 4) is 5.75 Å². The monoisotopic (exact) mass is 181 g/mol. The molecule has 0 fully saturated rings. The molecule has 72 valence electrons. The molecule has 0 aliphatic rings. The molecule has 1 rings (SSSR count). The molecule has 0 radical (unpaired) electrons. The molecule has 0 saturated heterocycles. The quantitative estimate of drug-likeness (QED) is 0.650. The Morgan fingerprint density at radius 3 is 2.62 bits per heavy atom. The summed E-state index contributed by atoms with van der Waals surface area (Å²) in [6, 6.07) is 5.25. The molecule has 1 atom stereocenters. The van der Waals surface area contributed by atoms with E-state index in [-0.39, 0.29) is 18.3 Å². The second-order valence-corrected chi connectivity index (χ2v) is 3.18. The van der Waals surface area contributed by atoms with Crippen molar-refractivity contribution in [2.24, 2.45) is 5.73 Å². The molecule has 3 nitrogen and oxygen atoms in total. The van der Waals surface area contributed by atoms with E-state index < -0.39 is 0 Å². The maximum absolute atomic E-state index is 9.43. The minimum atomic E-state index is -0.136. The number of hydrogen-bond donors (Lipinski definition) is 3. The molecule has 0 heterocycles. The number of hydrogen-bond acceptors (Lipinski definition) is 3.